The zero-order valence-electron chi connectivity index (χ0n) is 79.5. The van der Waals surface area contributed by atoms with E-state index in [-0.39, 0.29) is 143 Å². The average molecular weight is 1910 g/mol. The topological polar surface area (TPSA) is 319 Å². The van der Waals surface area contributed by atoms with E-state index < -0.39 is 34.5 Å². The van der Waals surface area contributed by atoms with Crippen LogP contribution >= 0.6 is 34.8 Å². The van der Waals surface area contributed by atoms with Gasteiger partial charge in [0, 0.05) is 130 Å². The van der Waals surface area contributed by atoms with E-state index in [0.717, 1.165) is 66.5 Å². The van der Waals surface area contributed by atoms with Gasteiger partial charge < -0.3 is 54.6 Å². The number of nitrogens with zero attached hydrogens (tertiary/aromatic N) is 21. The normalized spacial score (nSPS) is 17.0. The third-order valence-corrected chi connectivity index (χ3v) is 27.2. The Bertz CT molecular complexity index is 7390. The lowest BCUT2D eigenvalue weighted by atomic mass is 9.95. The van der Waals surface area contributed by atoms with Crippen LogP contribution in [-0.2, 0) is 35.5 Å². The number of carbonyl (C=O) groups excluding carboxylic acids is 3. The molecular weight excluding hydrogens is 1810 g/mol. The Morgan fingerprint density at radius 1 is 0.401 bits per heavy atom. The molecule has 0 unspecified atom stereocenters. The van der Waals surface area contributed by atoms with Crippen molar-refractivity contribution in [1.29, 1.82) is 0 Å². The maximum absolute atomic E-state index is 15.3. The summed E-state index contributed by atoms with van der Waals surface area (Å²) in [4.78, 5) is 135. The van der Waals surface area contributed by atoms with Crippen molar-refractivity contribution in [3.05, 3.63) is 251 Å². The van der Waals surface area contributed by atoms with E-state index in [1.165, 1.54) is 62.3 Å². The zero-order valence-corrected chi connectivity index (χ0v) is 81.8. The fourth-order valence-electron chi connectivity index (χ4n) is 19.7. The number of hydrogen-bond donors (Lipinski definition) is 2. The van der Waals surface area contributed by atoms with Gasteiger partial charge in [0.05, 0.1) is 129 Å². The molecule has 0 radical (unpaired) electrons. The minimum absolute atomic E-state index is 0.00592. The first-order valence-corrected chi connectivity index (χ1v) is 46.4. The Labute approximate surface area is 803 Å². The SMILES string of the molecule is C=CC(=O)N1C[C@H](C)N(c2nc(=O)n(-c3c(C)cc4c(ncn4C)c3C(C)C)c3nc(-c4c(N)cccc4F)c(Cl)cc23)C[C@H]1C.C=CC(=O)N1C[C@H](C)N(c2nc(=O)n(-c3c(C)cc4c(ncn4C)c3C(C)C)c3nc(-c4c(N)cccc4F)c(Cl)cc23)C[C@H]1C.C=CC(=O)N1C[C@H](C)N(c2nc(=O)n(-c3c(C)cc4c(ncn4C)c3C(C)C)c3nc(-c4ccccc4F)c(Cl)cc23)C[C@H]1C. The van der Waals surface area contributed by atoms with Gasteiger partial charge >= 0.3 is 17.1 Å². The van der Waals surface area contributed by atoms with Crippen molar-refractivity contribution < 1.29 is 27.6 Å². The molecule has 3 aliphatic rings. The van der Waals surface area contributed by atoms with E-state index in [0.29, 0.717) is 95.6 Å². The van der Waals surface area contributed by atoms with E-state index in [2.05, 4.69) is 58.5 Å². The van der Waals surface area contributed by atoms with Crippen molar-refractivity contribution in [2.45, 2.75) is 158 Å². The molecule has 12 heterocycles. The second-order valence-corrected chi connectivity index (χ2v) is 38.0. The van der Waals surface area contributed by atoms with Gasteiger partial charge in [-0.25, -0.2) is 71.2 Å². The lowest BCUT2D eigenvalue weighted by Gasteiger charge is -2.44. The monoisotopic (exact) mass is 1910 g/mol. The highest BCUT2D eigenvalue weighted by Gasteiger charge is 2.40. The van der Waals surface area contributed by atoms with Gasteiger partial charge in [-0.1, -0.05) is 120 Å². The summed E-state index contributed by atoms with van der Waals surface area (Å²) in [5.41, 5.74) is 24.8. The highest BCUT2D eigenvalue weighted by molar-refractivity contribution is 6.35. The summed E-state index contributed by atoms with van der Waals surface area (Å²) in [6.45, 7) is 43.2. The number of carbonyl (C=O) groups is 3. The van der Waals surface area contributed by atoms with Gasteiger partial charge in [0.2, 0.25) is 17.7 Å². The molecule has 6 aromatic carbocycles. The van der Waals surface area contributed by atoms with E-state index in [1.54, 1.807) is 82.2 Å². The highest BCUT2D eigenvalue weighted by Crippen LogP contribution is 2.46. The minimum atomic E-state index is -0.587. The van der Waals surface area contributed by atoms with Crippen molar-refractivity contribution in [3.63, 3.8) is 0 Å². The van der Waals surface area contributed by atoms with Crippen LogP contribution < -0.4 is 43.2 Å². The summed E-state index contributed by atoms with van der Waals surface area (Å²) in [6, 6.07) is 25.0. The number of pyridine rings is 3. The molecule has 3 saturated heterocycles. The molecular formula is C102H107Cl3F3N23O6. The number of anilines is 5. The van der Waals surface area contributed by atoms with Gasteiger partial charge in [-0.3, -0.25) is 14.4 Å². The quantitative estimate of drug-likeness (QED) is 0.0711. The Morgan fingerprint density at radius 2 is 0.686 bits per heavy atom. The number of rotatable bonds is 15. The second-order valence-electron chi connectivity index (χ2n) is 36.8. The average Bonchev–Trinajstić information content (AvgIpc) is 1.71. The Morgan fingerprint density at radius 3 is 0.971 bits per heavy atom. The zero-order chi connectivity index (χ0) is 98.7. The molecule has 3 aliphatic heterocycles. The van der Waals surface area contributed by atoms with Crippen LogP contribution in [0.1, 0.15) is 134 Å². The standard InChI is InChI=1S/2C34H36ClFN8O2.C34H35ClFN7O2/c2*1-8-26(45)42-14-20(6)43(15-19(42)5)32-21-13-22(35)29(28-23(36)10-9-11-24(28)37)39-33(21)44(34(46)40-32)31-18(4)12-25-30(27(31)17(2)3)38-16-41(25)7;1-8-27(44)41-15-21(6)42(16-20(41)5)32-23-14-24(35)29(22-11-9-10-12-25(22)36)38-33(23)43(34(45)39-32)31-19(4)13-26-30(28(31)18(2)3)37-17-40(26)7/h2*8-13,16-17,19-20H,1,14-15,37H2,2-7H3;8-14,17-18,20-21H,1,15-16H2,2-7H3/t2*19-,20+;20-,21+/m111/s1. The van der Waals surface area contributed by atoms with Crippen molar-refractivity contribution >= 4 is 148 Å². The fraction of sp³-hybridized carbons (Fsp3) is 0.324. The lowest BCUT2D eigenvalue weighted by Crippen LogP contribution is -2.58. The molecule has 137 heavy (non-hydrogen) atoms. The molecule has 0 bridgehead atoms. The lowest BCUT2D eigenvalue weighted by molar-refractivity contribution is -0.129. The Hall–Kier alpha value is -14.1. The van der Waals surface area contributed by atoms with Crippen molar-refractivity contribution in [2.75, 3.05) is 65.4 Å². The summed E-state index contributed by atoms with van der Waals surface area (Å²) in [7, 11) is 5.79. The van der Waals surface area contributed by atoms with Crippen LogP contribution in [-0.4, -0.2) is 180 Å². The van der Waals surface area contributed by atoms with Crippen molar-refractivity contribution in [2.24, 2.45) is 21.1 Å². The number of nitrogens with two attached hydrogens (primary N) is 2. The smallest absolute Gasteiger partial charge is 0.355 e. The number of halogens is 6. The molecule has 0 spiro atoms. The number of imidazole rings is 3. The predicted molar refractivity (Wildman–Crippen MR) is 539 cm³/mol. The van der Waals surface area contributed by atoms with Gasteiger partial charge in [-0.05, 0) is 188 Å². The number of piperazine rings is 3. The first-order chi connectivity index (χ1) is 65.1. The molecule has 708 valence electrons. The number of aryl methyl sites for hydroxylation is 6. The molecule has 29 nitrogen and oxygen atoms in total. The number of aromatic nitrogens is 15. The highest BCUT2D eigenvalue weighted by atomic mass is 35.5. The molecule has 9 aromatic heterocycles. The predicted octanol–water partition coefficient (Wildman–Crippen LogP) is 17.7. The number of benzene rings is 6. The fourth-order valence-corrected chi connectivity index (χ4v) is 20.4. The first-order valence-electron chi connectivity index (χ1n) is 45.3. The summed E-state index contributed by atoms with van der Waals surface area (Å²) in [6.07, 6.45) is 9.18. The molecule has 18 rings (SSSR count). The molecule has 6 atom stereocenters. The van der Waals surface area contributed by atoms with Crippen LogP contribution in [0.5, 0.6) is 0 Å². The maximum Gasteiger partial charge on any atom is 0.355 e. The number of nitrogen functional groups attached to an aromatic ring is 2. The van der Waals surface area contributed by atoms with Crippen LogP contribution in [0.4, 0.5) is 42.0 Å². The summed E-state index contributed by atoms with van der Waals surface area (Å²) in [5.74, 6) is -1.01. The van der Waals surface area contributed by atoms with Gasteiger partial charge in [0.25, 0.3) is 0 Å². The van der Waals surface area contributed by atoms with Gasteiger partial charge in [-0.2, -0.15) is 15.0 Å². The van der Waals surface area contributed by atoms with Crippen LogP contribution in [0.3, 0.4) is 0 Å². The minimum Gasteiger partial charge on any atom is -0.398 e. The van der Waals surface area contributed by atoms with Crippen LogP contribution in [0, 0.1) is 38.2 Å². The second kappa shape index (κ2) is 37.5. The van der Waals surface area contributed by atoms with E-state index in [4.69, 9.17) is 66.2 Å². The molecule has 15 aromatic rings. The number of amides is 3. The summed E-state index contributed by atoms with van der Waals surface area (Å²) in [5, 5.41) is 2.07. The van der Waals surface area contributed by atoms with E-state index >= 15 is 13.2 Å². The summed E-state index contributed by atoms with van der Waals surface area (Å²) >= 11 is 20.6. The molecule has 3 amide bonds. The maximum atomic E-state index is 15.3. The third-order valence-electron chi connectivity index (χ3n) is 26.3. The van der Waals surface area contributed by atoms with Crippen LogP contribution in [0.25, 0.3) is 117 Å². The third kappa shape index (κ3) is 16.9. The summed E-state index contributed by atoms with van der Waals surface area (Å²) < 4.78 is 56.1. The molecule has 0 saturated carbocycles. The molecule has 0 aliphatic carbocycles. The Balaban J connectivity index is 0.000000149. The van der Waals surface area contributed by atoms with Crippen molar-refractivity contribution in [1.82, 2.24) is 87.0 Å². The van der Waals surface area contributed by atoms with Crippen molar-refractivity contribution in [3.8, 4) is 50.8 Å². The number of hydrogen-bond acceptors (Lipinski definition) is 20. The van der Waals surface area contributed by atoms with E-state index in [1.807, 2.05) is 158 Å². The van der Waals surface area contributed by atoms with Gasteiger partial charge in [0.1, 0.15) is 34.9 Å². The van der Waals surface area contributed by atoms with Crippen LogP contribution in [0.2, 0.25) is 15.1 Å². The first kappa shape index (κ1) is 96.0. The van der Waals surface area contributed by atoms with Gasteiger partial charge in [-0.15, -0.1) is 0 Å². The van der Waals surface area contributed by atoms with Gasteiger partial charge in [0.15, 0.2) is 16.9 Å². The molecule has 3 fully saturated rings. The number of fused-ring (bicyclic) bond motifs is 6. The molecule has 4 N–H and O–H groups in total. The molecule has 35 heteroatoms. The van der Waals surface area contributed by atoms with Crippen LogP contribution in [0.15, 0.2) is 168 Å². The largest absolute Gasteiger partial charge is 0.398 e. The van der Waals surface area contributed by atoms with E-state index in [9.17, 15) is 28.8 Å². The Kier molecular flexibility index (Phi) is 26.3.